The van der Waals surface area contributed by atoms with Crippen molar-refractivity contribution >= 4 is 17.8 Å². The molecule has 6 fully saturated rings. The number of hydrogen-bond acceptors (Lipinski definition) is 9. The van der Waals surface area contributed by atoms with Crippen LogP contribution in [-0.2, 0) is 43.1 Å². The molecule has 5 heterocycles. The van der Waals surface area contributed by atoms with Crippen LogP contribution >= 0.6 is 0 Å². The van der Waals surface area contributed by atoms with Gasteiger partial charge in [0.05, 0.1) is 18.9 Å². The maximum atomic E-state index is 12.8. The van der Waals surface area contributed by atoms with Gasteiger partial charge in [-0.1, -0.05) is 13.8 Å². The highest BCUT2D eigenvalue weighted by Gasteiger charge is 2.69. The number of piperidine rings is 1. The number of esters is 2. The van der Waals surface area contributed by atoms with Crippen LogP contribution in [0.25, 0.3) is 0 Å². The van der Waals surface area contributed by atoms with E-state index in [1.54, 1.807) is 11.8 Å². The van der Waals surface area contributed by atoms with Crippen LogP contribution in [0.5, 0.6) is 0 Å². The predicted octanol–water partition coefficient (Wildman–Crippen LogP) is 3.32. The van der Waals surface area contributed by atoms with Crippen molar-refractivity contribution in [2.75, 3.05) is 19.7 Å². The molecule has 6 rings (SSSR count). The van der Waals surface area contributed by atoms with Gasteiger partial charge in [-0.3, -0.25) is 14.4 Å². The molecule has 0 aromatic carbocycles. The summed E-state index contributed by atoms with van der Waals surface area (Å²) in [6.45, 7) is 9.14. The smallest absolute Gasteiger partial charge is 0.310 e. The second-order valence-corrected chi connectivity index (χ2v) is 11.7. The maximum absolute atomic E-state index is 12.8. The predicted molar refractivity (Wildman–Crippen MR) is 128 cm³/mol. The first kappa shape index (κ1) is 26.8. The second-order valence-electron chi connectivity index (χ2n) is 11.7. The lowest BCUT2D eigenvalue weighted by molar-refractivity contribution is -0.576. The van der Waals surface area contributed by atoms with E-state index in [1.807, 2.05) is 13.8 Å². The van der Waals surface area contributed by atoms with Gasteiger partial charge in [-0.25, -0.2) is 9.78 Å². The van der Waals surface area contributed by atoms with Crippen LogP contribution in [-0.4, -0.2) is 66.4 Å². The van der Waals surface area contributed by atoms with Crippen LogP contribution in [0.15, 0.2) is 0 Å². The summed E-state index contributed by atoms with van der Waals surface area (Å²) in [6, 6.07) is 0. The standard InChI is InChI=1S/C27H41NO9/c1-5-32-23(31)18-7-6-14-28(15-18)21(29)10-11-22(30)33-24-17(3)20-9-8-16(2)19-12-13-26(4)35-25(34-24)27(19,20)37-36-26/h16-20,24-25H,5-15H2,1-4H3/t16-,17-,18-,19+,20+,24-,25-,26+,27-/m1/s1. The Morgan fingerprint density at radius 1 is 1.03 bits per heavy atom. The third-order valence-electron chi connectivity index (χ3n) is 9.28. The van der Waals surface area contributed by atoms with E-state index in [9.17, 15) is 14.4 Å². The van der Waals surface area contributed by atoms with Crippen molar-refractivity contribution in [1.82, 2.24) is 4.90 Å². The zero-order valence-electron chi connectivity index (χ0n) is 22.4. The molecule has 0 aromatic heterocycles. The van der Waals surface area contributed by atoms with Crippen molar-refractivity contribution in [3.63, 3.8) is 0 Å². The molecule has 2 bridgehead atoms. The van der Waals surface area contributed by atoms with Crippen molar-refractivity contribution in [3.8, 4) is 0 Å². The summed E-state index contributed by atoms with van der Waals surface area (Å²) < 4.78 is 23.5. The van der Waals surface area contributed by atoms with Gasteiger partial charge in [0, 0.05) is 37.8 Å². The monoisotopic (exact) mass is 523 g/mol. The van der Waals surface area contributed by atoms with Gasteiger partial charge in [0.1, 0.15) is 0 Å². The normalized spacial score (nSPS) is 42.9. The van der Waals surface area contributed by atoms with Crippen LogP contribution in [0, 0.1) is 29.6 Å². The number of fused-ring (bicyclic) bond motifs is 2. The lowest BCUT2D eigenvalue weighted by Crippen LogP contribution is -2.70. The molecule has 5 aliphatic heterocycles. The number of carbonyl (C=O) groups is 3. The van der Waals surface area contributed by atoms with Crippen molar-refractivity contribution in [2.24, 2.45) is 29.6 Å². The molecule has 0 aromatic rings. The Morgan fingerprint density at radius 3 is 2.62 bits per heavy atom. The molecule has 10 heteroatoms. The van der Waals surface area contributed by atoms with Crippen LogP contribution in [0.2, 0.25) is 0 Å². The summed E-state index contributed by atoms with van der Waals surface area (Å²) in [5.41, 5.74) is -0.713. The average molecular weight is 524 g/mol. The molecular formula is C27H41NO9. The van der Waals surface area contributed by atoms with E-state index >= 15 is 0 Å². The fraction of sp³-hybridized carbons (Fsp3) is 0.889. The molecule has 0 unspecified atom stereocenters. The molecule has 208 valence electrons. The Labute approximate surface area is 218 Å². The summed E-state index contributed by atoms with van der Waals surface area (Å²) in [6.07, 6.45) is 3.57. The van der Waals surface area contributed by atoms with Crippen molar-refractivity contribution in [3.05, 3.63) is 0 Å². The highest BCUT2D eigenvalue weighted by molar-refractivity contribution is 5.82. The molecule has 37 heavy (non-hydrogen) atoms. The summed E-state index contributed by atoms with van der Waals surface area (Å²) in [5.74, 6) is -1.48. The molecule has 0 N–H and O–H groups in total. The average Bonchev–Trinajstić information content (AvgIpc) is 3.11. The van der Waals surface area contributed by atoms with Gasteiger partial charge in [-0.15, -0.1) is 0 Å². The molecule has 1 saturated carbocycles. The molecule has 5 saturated heterocycles. The Hall–Kier alpha value is -1.75. The van der Waals surface area contributed by atoms with E-state index in [0.717, 1.165) is 25.7 Å². The van der Waals surface area contributed by atoms with Crippen LogP contribution < -0.4 is 0 Å². The minimum atomic E-state index is -0.894. The zero-order valence-corrected chi connectivity index (χ0v) is 22.4. The number of ether oxygens (including phenoxy) is 4. The number of amides is 1. The molecular weight excluding hydrogens is 482 g/mol. The number of likely N-dealkylation sites (tertiary alicyclic amines) is 1. The van der Waals surface area contributed by atoms with Gasteiger partial charge in [0.25, 0.3) is 0 Å². The molecule has 1 amide bonds. The van der Waals surface area contributed by atoms with Crippen LogP contribution in [0.4, 0.5) is 0 Å². The van der Waals surface area contributed by atoms with Gasteiger partial charge in [-0.2, -0.15) is 0 Å². The van der Waals surface area contributed by atoms with Gasteiger partial charge in [0.15, 0.2) is 11.9 Å². The van der Waals surface area contributed by atoms with E-state index in [1.165, 1.54) is 0 Å². The van der Waals surface area contributed by atoms with Gasteiger partial charge in [0.2, 0.25) is 18.0 Å². The lowest BCUT2D eigenvalue weighted by Gasteiger charge is -2.59. The summed E-state index contributed by atoms with van der Waals surface area (Å²) in [4.78, 5) is 51.3. The molecule has 9 atom stereocenters. The molecule has 10 nitrogen and oxygen atoms in total. The van der Waals surface area contributed by atoms with E-state index in [-0.39, 0.29) is 48.4 Å². The summed E-state index contributed by atoms with van der Waals surface area (Å²) >= 11 is 0. The van der Waals surface area contributed by atoms with E-state index in [2.05, 4.69) is 6.92 Å². The largest absolute Gasteiger partial charge is 0.466 e. The Bertz CT molecular complexity index is 897. The highest BCUT2D eigenvalue weighted by atomic mass is 17.3. The first-order valence-corrected chi connectivity index (χ1v) is 14.0. The van der Waals surface area contributed by atoms with E-state index < -0.39 is 29.9 Å². The molecule has 1 spiro atoms. The minimum absolute atomic E-state index is 0.0252. The number of rotatable bonds is 6. The fourth-order valence-corrected chi connectivity index (χ4v) is 7.22. The Balaban J connectivity index is 1.19. The first-order valence-electron chi connectivity index (χ1n) is 14.0. The third-order valence-corrected chi connectivity index (χ3v) is 9.28. The van der Waals surface area contributed by atoms with Crippen molar-refractivity contribution < 1.29 is 43.1 Å². The quantitative estimate of drug-likeness (QED) is 0.382. The molecule has 6 aliphatic rings. The zero-order chi connectivity index (χ0) is 26.4. The Morgan fingerprint density at radius 2 is 1.84 bits per heavy atom. The highest BCUT2D eigenvalue weighted by Crippen LogP contribution is 2.60. The maximum Gasteiger partial charge on any atom is 0.310 e. The van der Waals surface area contributed by atoms with Crippen LogP contribution in [0.1, 0.15) is 79.1 Å². The van der Waals surface area contributed by atoms with E-state index in [0.29, 0.717) is 38.5 Å². The minimum Gasteiger partial charge on any atom is -0.466 e. The summed E-state index contributed by atoms with van der Waals surface area (Å²) in [7, 11) is 0. The second kappa shape index (κ2) is 10.4. The van der Waals surface area contributed by atoms with Crippen molar-refractivity contribution in [2.45, 2.75) is 103 Å². The number of nitrogens with zero attached hydrogens (tertiary/aromatic N) is 1. The van der Waals surface area contributed by atoms with Gasteiger partial charge >= 0.3 is 11.9 Å². The Kier molecular flexibility index (Phi) is 7.57. The summed E-state index contributed by atoms with van der Waals surface area (Å²) in [5, 5.41) is 0. The molecule has 0 radical (unpaired) electrons. The van der Waals surface area contributed by atoms with Crippen LogP contribution in [0.3, 0.4) is 0 Å². The van der Waals surface area contributed by atoms with Gasteiger partial charge < -0.3 is 23.8 Å². The SMILES string of the molecule is CCOC(=O)[C@@H]1CCCN(C(=O)CCC(=O)O[C@@H]2O[C@@H]3O[C@]4(C)CC[C@H]5[C@H](C)CC[C@@H]([C@H]2C)[C@@]35OO4)C1. The topological polar surface area (TPSA) is 110 Å². The first-order chi connectivity index (χ1) is 17.7. The number of hydrogen-bond donors (Lipinski definition) is 0. The lowest BCUT2D eigenvalue weighted by atomic mass is 9.58. The third kappa shape index (κ3) is 4.90. The fourth-order valence-electron chi connectivity index (χ4n) is 7.22. The van der Waals surface area contributed by atoms with Gasteiger partial charge in [-0.05, 0) is 57.8 Å². The van der Waals surface area contributed by atoms with E-state index in [4.69, 9.17) is 28.7 Å². The number of carbonyl (C=O) groups excluding carboxylic acids is 3. The molecule has 1 aliphatic carbocycles. The van der Waals surface area contributed by atoms with Crippen molar-refractivity contribution in [1.29, 1.82) is 0 Å².